The normalized spacial score (nSPS) is 15.1. The number of aromatic nitrogens is 2. The number of hydrogen-bond acceptors (Lipinski definition) is 5. The van der Waals surface area contributed by atoms with Gasteiger partial charge in [-0.05, 0) is 49.2 Å². The standard InChI is InChI=1S/C21H21FN4O4S/c22-15-7-8-19-18(11-15)21(28)25(14-23-19)13-20(27)24-16-5-4-6-17(12-16)31(29,30)26-9-2-1-3-10-26/h4-8,11-12,14H,1-3,9-10,13H2,(H,24,27). The Labute approximate surface area is 178 Å². The zero-order valence-corrected chi connectivity index (χ0v) is 17.4. The molecule has 1 amide bonds. The number of rotatable bonds is 5. The lowest BCUT2D eigenvalue weighted by Crippen LogP contribution is -2.35. The highest BCUT2D eigenvalue weighted by atomic mass is 32.2. The molecule has 162 valence electrons. The minimum atomic E-state index is -3.63. The number of benzene rings is 2. The number of piperidine rings is 1. The summed E-state index contributed by atoms with van der Waals surface area (Å²) >= 11 is 0. The van der Waals surface area contributed by atoms with Gasteiger partial charge in [-0.15, -0.1) is 0 Å². The number of hydrogen-bond donors (Lipinski definition) is 1. The van der Waals surface area contributed by atoms with E-state index in [1.807, 2.05) is 0 Å². The van der Waals surface area contributed by atoms with Gasteiger partial charge in [-0.25, -0.2) is 17.8 Å². The second kappa shape index (κ2) is 8.56. The number of sulfonamides is 1. The van der Waals surface area contributed by atoms with Crippen molar-refractivity contribution in [3.63, 3.8) is 0 Å². The molecule has 31 heavy (non-hydrogen) atoms. The Balaban J connectivity index is 1.52. The fourth-order valence-corrected chi connectivity index (χ4v) is 5.15. The largest absolute Gasteiger partial charge is 0.324 e. The molecule has 0 atom stereocenters. The first-order valence-electron chi connectivity index (χ1n) is 9.89. The molecular weight excluding hydrogens is 423 g/mol. The van der Waals surface area contributed by atoms with Crippen molar-refractivity contribution in [1.82, 2.24) is 13.9 Å². The molecule has 1 saturated heterocycles. The molecule has 0 aliphatic carbocycles. The van der Waals surface area contributed by atoms with E-state index in [-0.39, 0.29) is 16.8 Å². The van der Waals surface area contributed by atoms with Crippen molar-refractivity contribution < 1.29 is 17.6 Å². The van der Waals surface area contributed by atoms with E-state index in [1.165, 1.54) is 34.9 Å². The van der Waals surface area contributed by atoms with E-state index in [9.17, 15) is 22.4 Å². The fraction of sp³-hybridized carbons (Fsp3) is 0.286. The number of fused-ring (bicyclic) bond motifs is 1. The summed E-state index contributed by atoms with van der Waals surface area (Å²) in [6.45, 7) is 0.621. The Hall–Kier alpha value is -3.11. The van der Waals surface area contributed by atoms with Crippen LogP contribution in [0.15, 0.2) is 58.5 Å². The van der Waals surface area contributed by atoms with Crippen LogP contribution in [0, 0.1) is 5.82 Å². The summed E-state index contributed by atoms with van der Waals surface area (Å²) in [5, 5.41) is 2.68. The molecule has 8 nitrogen and oxygen atoms in total. The molecule has 1 aliphatic heterocycles. The molecule has 0 radical (unpaired) electrons. The SMILES string of the molecule is O=C(Cn1cnc2ccc(F)cc2c1=O)Nc1cccc(S(=O)(=O)N2CCCCC2)c1. The lowest BCUT2D eigenvalue weighted by molar-refractivity contribution is -0.116. The maximum absolute atomic E-state index is 13.5. The number of nitrogens with one attached hydrogen (secondary N) is 1. The molecule has 0 bridgehead atoms. The van der Waals surface area contributed by atoms with E-state index >= 15 is 0 Å². The zero-order chi connectivity index (χ0) is 22.0. The van der Waals surface area contributed by atoms with Crippen LogP contribution in [-0.2, 0) is 21.4 Å². The predicted molar refractivity (Wildman–Crippen MR) is 114 cm³/mol. The maximum atomic E-state index is 13.5. The molecule has 2 heterocycles. The molecule has 1 aromatic heterocycles. The van der Waals surface area contributed by atoms with Gasteiger partial charge in [0.05, 0.1) is 22.1 Å². The van der Waals surface area contributed by atoms with Crippen molar-refractivity contribution >= 4 is 32.5 Å². The van der Waals surface area contributed by atoms with Crippen LogP contribution in [0.3, 0.4) is 0 Å². The molecule has 4 rings (SSSR count). The number of amides is 1. The van der Waals surface area contributed by atoms with Gasteiger partial charge >= 0.3 is 0 Å². The summed E-state index contributed by atoms with van der Waals surface area (Å²) in [5.41, 5.74) is 0.0932. The van der Waals surface area contributed by atoms with Gasteiger partial charge in [-0.2, -0.15) is 4.31 Å². The Kier molecular flexibility index (Phi) is 5.84. The quantitative estimate of drug-likeness (QED) is 0.651. The van der Waals surface area contributed by atoms with Gasteiger partial charge in [-0.3, -0.25) is 14.2 Å². The minimum absolute atomic E-state index is 0.0740. The van der Waals surface area contributed by atoms with Crippen LogP contribution in [0.1, 0.15) is 19.3 Å². The smallest absolute Gasteiger partial charge is 0.261 e. The van der Waals surface area contributed by atoms with Crippen molar-refractivity contribution in [2.75, 3.05) is 18.4 Å². The Morgan fingerprint density at radius 3 is 2.65 bits per heavy atom. The van der Waals surface area contributed by atoms with Crippen LogP contribution >= 0.6 is 0 Å². The average molecular weight is 444 g/mol. The van der Waals surface area contributed by atoms with Gasteiger partial charge in [0.15, 0.2) is 0 Å². The van der Waals surface area contributed by atoms with E-state index in [1.54, 1.807) is 12.1 Å². The van der Waals surface area contributed by atoms with Crippen molar-refractivity contribution in [2.24, 2.45) is 0 Å². The topological polar surface area (TPSA) is 101 Å². The summed E-state index contributed by atoms with van der Waals surface area (Å²) in [4.78, 5) is 29.2. The third kappa shape index (κ3) is 4.49. The van der Waals surface area contributed by atoms with Gasteiger partial charge in [-0.1, -0.05) is 12.5 Å². The van der Waals surface area contributed by atoms with Crippen molar-refractivity contribution in [3.8, 4) is 0 Å². The predicted octanol–water partition coefficient (Wildman–Crippen LogP) is 2.35. The summed E-state index contributed by atoms with van der Waals surface area (Å²) in [6.07, 6.45) is 3.89. The highest BCUT2D eigenvalue weighted by Gasteiger charge is 2.26. The second-order valence-electron chi connectivity index (χ2n) is 7.38. The van der Waals surface area contributed by atoms with Crippen LogP contribution < -0.4 is 10.9 Å². The van der Waals surface area contributed by atoms with Crippen molar-refractivity contribution in [2.45, 2.75) is 30.7 Å². The van der Waals surface area contributed by atoms with Crippen LogP contribution in [-0.4, -0.2) is 41.3 Å². The second-order valence-corrected chi connectivity index (χ2v) is 9.32. The van der Waals surface area contributed by atoms with Gasteiger partial charge in [0.2, 0.25) is 15.9 Å². The third-order valence-corrected chi connectivity index (χ3v) is 7.07. The molecular formula is C21H21FN4O4S. The molecule has 0 saturated carbocycles. The van der Waals surface area contributed by atoms with Crippen molar-refractivity contribution in [3.05, 3.63) is 65.0 Å². The molecule has 10 heteroatoms. The van der Waals surface area contributed by atoms with E-state index in [0.717, 1.165) is 29.9 Å². The average Bonchev–Trinajstić information content (AvgIpc) is 2.77. The van der Waals surface area contributed by atoms with E-state index < -0.39 is 27.3 Å². The monoisotopic (exact) mass is 444 g/mol. The van der Waals surface area contributed by atoms with E-state index in [0.29, 0.717) is 24.3 Å². The molecule has 2 aromatic carbocycles. The van der Waals surface area contributed by atoms with Crippen LogP contribution in [0.5, 0.6) is 0 Å². The number of carbonyl (C=O) groups is 1. The van der Waals surface area contributed by atoms with Gasteiger partial charge in [0.25, 0.3) is 5.56 Å². The van der Waals surface area contributed by atoms with E-state index in [2.05, 4.69) is 10.3 Å². The number of anilines is 1. The van der Waals surface area contributed by atoms with Crippen molar-refractivity contribution in [1.29, 1.82) is 0 Å². The highest BCUT2D eigenvalue weighted by molar-refractivity contribution is 7.89. The molecule has 3 aromatic rings. The molecule has 1 fully saturated rings. The third-order valence-electron chi connectivity index (χ3n) is 5.17. The molecule has 0 spiro atoms. The summed E-state index contributed by atoms with van der Waals surface area (Å²) in [7, 11) is -3.63. The molecule has 0 unspecified atom stereocenters. The maximum Gasteiger partial charge on any atom is 0.261 e. The first kappa shape index (κ1) is 21.1. The number of carbonyl (C=O) groups excluding carboxylic acids is 1. The number of nitrogens with zero attached hydrogens (tertiary/aromatic N) is 3. The summed E-state index contributed by atoms with van der Waals surface area (Å²) < 4.78 is 41.7. The first-order chi connectivity index (χ1) is 14.8. The number of halogens is 1. The van der Waals surface area contributed by atoms with Gasteiger partial charge in [0.1, 0.15) is 12.4 Å². The molecule has 1 N–H and O–H groups in total. The van der Waals surface area contributed by atoms with E-state index in [4.69, 9.17) is 0 Å². The minimum Gasteiger partial charge on any atom is -0.324 e. The fourth-order valence-electron chi connectivity index (χ4n) is 3.59. The van der Waals surface area contributed by atoms with Gasteiger partial charge < -0.3 is 5.32 Å². The first-order valence-corrected chi connectivity index (χ1v) is 11.3. The Bertz CT molecular complexity index is 1300. The van der Waals surface area contributed by atoms with Gasteiger partial charge in [0, 0.05) is 18.8 Å². The van der Waals surface area contributed by atoms with Crippen LogP contribution in [0.2, 0.25) is 0 Å². The lowest BCUT2D eigenvalue weighted by Gasteiger charge is -2.26. The Morgan fingerprint density at radius 1 is 1.10 bits per heavy atom. The lowest BCUT2D eigenvalue weighted by atomic mass is 10.2. The zero-order valence-electron chi connectivity index (χ0n) is 16.6. The summed E-state index contributed by atoms with van der Waals surface area (Å²) in [6, 6.07) is 9.70. The highest BCUT2D eigenvalue weighted by Crippen LogP contribution is 2.23. The summed E-state index contributed by atoms with van der Waals surface area (Å²) in [5.74, 6) is -1.10. The van der Waals surface area contributed by atoms with Crippen LogP contribution in [0.4, 0.5) is 10.1 Å². The Morgan fingerprint density at radius 2 is 1.87 bits per heavy atom. The molecule has 1 aliphatic rings. The van der Waals surface area contributed by atoms with Crippen LogP contribution in [0.25, 0.3) is 10.9 Å².